The molecule has 0 aromatic heterocycles. The van der Waals surface area contributed by atoms with Crippen LogP contribution in [0.4, 0.5) is 5.69 Å². The largest absolute Gasteiger partial charge is 0.491 e. The Labute approximate surface area is 210 Å². The van der Waals surface area contributed by atoms with Crippen molar-refractivity contribution in [1.82, 2.24) is 5.32 Å². The zero-order valence-corrected chi connectivity index (χ0v) is 20.9. The normalized spacial score (nSPS) is 16.1. The lowest BCUT2D eigenvalue weighted by Gasteiger charge is -2.34. The van der Waals surface area contributed by atoms with Crippen molar-refractivity contribution in [3.8, 4) is 5.75 Å². The van der Waals surface area contributed by atoms with Crippen molar-refractivity contribution < 1.29 is 19.0 Å². The Morgan fingerprint density at radius 2 is 1.91 bits per heavy atom. The Morgan fingerprint density at radius 1 is 1.24 bits per heavy atom. The number of nitrogens with two attached hydrogens (primary N) is 3. The molecule has 1 heterocycles. The Hall–Kier alpha value is -2.57. The number of unbranched alkanes of at least 4 members (excludes halogenated alkanes) is 1. The van der Waals surface area contributed by atoms with E-state index in [1.807, 2.05) is 6.92 Å². The van der Waals surface area contributed by atoms with Gasteiger partial charge < -0.3 is 36.3 Å². The summed E-state index contributed by atoms with van der Waals surface area (Å²) in [5.74, 6) is 0.132. The minimum atomic E-state index is -0.989. The fourth-order valence-electron chi connectivity index (χ4n) is 2.83. The molecule has 1 amide bonds. The van der Waals surface area contributed by atoms with Crippen LogP contribution in [0.3, 0.4) is 0 Å². The van der Waals surface area contributed by atoms with E-state index in [2.05, 4.69) is 15.3 Å². The first kappa shape index (κ1) is 29.5. The van der Waals surface area contributed by atoms with Crippen LogP contribution in [0.5, 0.6) is 5.75 Å². The number of ether oxygens (including phenoxy) is 3. The molecule has 0 aliphatic carbocycles. The predicted octanol–water partition coefficient (Wildman–Crippen LogP) is 1.25. The van der Waals surface area contributed by atoms with E-state index in [0.717, 1.165) is 12.8 Å². The molecule has 1 aliphatic heterocycles. The minimum absolute atomic E-state index is 0. The van der Waals surface area contributed by atoms with E-state index in [9.17, 15) is 4.79 Å². The summed E-state index contributed by atoms with van der Waals surface area (Å²) in [4.78, 5) is 22.3. The van der Waals surface area contributed by atoms with Gasteiger partial charge >= 0.3 is 0 Å². The number of halogens is 2. The molecule has 1 aromatic rings. The first-order valence-corrected chi connectivity index (χ1v) is 11.0. The van der Waals surface area contributed by atoms with E-state index in [4.69, 9.17) is 43.0 Å². The predicted molar refractivity (Wildman–Crippen MR) is 136 cm³/mol. The third-order valence-electron chi connectivity index (χ3n) is 4.56. The number of nitrogens with one attached hydrogen (secondary N) is 1. The smallest absolute Gasteiger partial charge is 0.275 e. The van der Waals surface area contributed by atoms with Crippen LogP contribution in [0, 0.1) is 0 Å². The third kappa shape index (κ3) is 8.65. The number of hydrogen-bond donors (Lipinski definition) is 4. The molecule has 0 saturated carbocycles. The highest BCUT2D eigenvalue weighted by molar-refractivity contribution is 6.45. The van der Waals surface area contributed by atoms with Gasteiger partial charge in [0.05, 0.1) is 19.8 Å². The monoisotopic (exact) mass is 517 g/mol. The maximum Gasteiger partial charge on any atom is 0.275 e. The van der Waals surface area contributed by atoms with E-state index in [1.54, 1.807) is 31.4 Å². The van der Waals surface area contributed by atoms with Crippen LogP contribution in [0.25, 0.3) is 0 Å². The lowest BCUT2D eigenvalue weighted by molar-refractivity contribution is -0.113. The molecule has 1 aliphatic rings. The molecule has 190 valence electrons. The summed E-state index contributed by atoms with van der Waals surface area (Å²) in [6, 6.07) is 7.00. The van der Waals surface area contributed by atoms with Gasteiger partial charge in [-0.05, 0) is 30.7 Å². The Morgan fingerprint density at radius 3 is 2.56 bits per heavy atom. The van der Waals surface area contributed by atoms with Crippen molar-refractivity contribution in [1.29, 1.82) is 0 Å². The van der Waals surface area contributed by atoms with Crippen molar-refractivity contribution in [2.75, 3.05) is 45.0 Å². The van der Waals surface area contributed by atoms with Crippen molar-refractivity contribution in [3.63, 3.8) is 0 Å². The molecule has 0 saturated heterocycles. The van der Waals surface area contributed by atoms with Gasteiger partial charge in [-0.15, -0.1) is 12.4 Å². The van der Waals surface area contributed by atoms with Gasteiger partial charge in [0.2, 0.25) is 0 Å². The summed E-state index contributed by atoms with van der Waals surface area (Å²) >= 11 is 6.19. The van der Waals surface area contributed by atoms with E-state index in [-0.39, 0.29) is 35.1 Å². The second kappa shape index (κ2) is 15.4. The van der Waals surface area contributed by atoms with Crippen LogP contribution in [-0.2, 0) is 14.3 Å². The molecule has 13 heteroatoms. The van der Waals surface area contributed by atoms with Gasteiger partial charge in [-0.3, -0.25) is 15.1 Å². The zero-order valence-electron chi connectivity index (χ0n) is 19.3. The van der Waals surface area contributed by atoms with Crippen molar-refractivity contribution in [2.24, 2.45) is 27.2 Å². The molecule has 11 nitrogen and oxygen atoms in total. The second-order valence-electron chi connectivity index (χ2n) is 7.01. The fraction of sp³-hybridized carbons (Fsp3) is 0.476. The SMILES string of the molecule is CCCCN=C(N)NC(=O)C1=NC(Cl)=C(N)N(c2ccc(OCCOCCOC)cc2)C1N.Cl. The number of carbonyl (C=O) groups is 1. The molecule has 1 unspecified atom stereocenters. The lowest BCUT2D eigenvalue weighted by Crippen LogP contribution is -2.57. The average molecular weight is 518 g/mol. The molecule has 0 bridgehead atoms. The van der Waals surface area contributed by atoms with Gasteiger partial charge in [0.25, 0.3) is 5.91 Å². The molecule has 0 radical (unpaired) electrons. The van der Waals surface area contributed by atoms with E-state index < -0.39 is 12.1 Å². The lowest BCUT2D eigenvalue weighted by atomic mass is 10.1. The summed E-state index contributed by atoms with van der Waals surface area (Å²) in [6.07, 6.45) is 0.830. The van der Waals surface area contributed by atoms with E-state index >= 15 is 0 Å². The maximum atomic E-state index is 12.7. The van der Waals surface area contributed by atoms with Crippen LogP contribution in [-0.4, -0.2) is 63.8 Å². The Kier molecular flexibility index (Phi) is 13.3. The van der Waals surface area contributed by atoms with Crippen molar-refractivity contribution >= 4 is 47.3 Å². The standard InChI is InChI=1S/C21H32ClN7O4.ClH/c1-3-4-9-26-21(25)28-20(30)16-18(23)29(19(24)17(22)27-16)14-5-7-15(8-6-14)33-13-12-32-11-10-31-2;/h5-8,18H,3-4,9-13,23-24H2,1-2H3,(H3,25,26,28,30);1H. The van der Waals surface area contributed by atoms with Gasteiger partial charge in [0.1, 0.15) is 30.1 Å². The van der Waals surface area contributed by atoms with Crippen molar-refractivity contribution in [3.05, 3.63) is 35.2 Å². The number of carbonyl (C=O) groups excluding carboxylic acids is 1. The summed E-state index contributed by atoms with van der Waals surface area (Å²) in [7, 11) is 1.62. The molecule has 2 rings (SSSR count). The number of rotatable bonds is 12. The average Bonchev–Trinajstić information content (AvgIpc) is 2.79. The third-order valence-corrected chi connectivity index (χ3v) is 4.84. The highest BCUT2D eigenvalue weighted by Crippen LogP contribution is 2.28. The minimum Gasteiger partial charge on any atom is -0.491 e. The molecule has 7 N–H and O–H groups in total. The van der Waals surface area contributed by atoms with Crippen LogP contribution in [0.1, 0.15) is 19.8 Å². The fourth-order valence-corrected chi connectivity index (χ4v) is 3.01. The summed E-state index contributed by atoms with van der Waals surface area (Å²) in [6.45, 7) is 4.40. The molecular formula is C21H33Cl2N7O4. The van der Waals surface area contributed by atoms with Crippen molar-refractivity contribution in [2.45, 2.75) is 25.9 Å². The quantitative estimate of drug-likeness (QED) is 0.139. The number of anilines is 1. The highest BCUT2D eigenvalue weighted by atomic mass is 35.5. The van der Waals surface area contributed by atoms with Crippen LogP contribution >= 0.6 is 24.0 Å². The topological polar surface area (TPSA) is 163 Å². The molecular weight excluding hydrogens is 485 g/mol. The number of benzene rings is 1. The number of hydrogen-bond acceptors (Lipinski definition) is 9. The van der Waals surface area contributed by atoms with Gasteiger partial charge in [0.15, 0.2) is 11.1 Å². The number of guanidine groups is 1. The van der Waals surface area contributed by atoms with Gasteiger partial charge in [0, 0.05) is 19.3 Å². The van der Waals surface area contributed by atoms with Crippen LogP contribution in [0.2, 0.25) is 0 Å². The Bertz CT molecular complexity index is 878. The summed E-state index contributed by atoms with van der Waals surface area (Å²) in [5, 5.41) is 2.43. The maximum absolute atomic E-state index is 12.7. The first-order valence-electron chi connectivity index (χ1n) is 10.6. The number of methoxy groups -OCH3 is 1. The van der Waals surface area contributed by atoms with Crippen LogP contribution in [0.15, 0.2) is 45.2 Å². The molecule has 0 fully saturated rings. The van der Waals surface area contributed by atoms with Gasteiger partial charge in [-0.2, -0.15) is 0 Å². The first-order chi connectivity index (χ1) is 15.9. The Balaban J connectivity index is 0.00000578. The molecule has 1 aromatic carbocycles. The van der Waals surface area contributed by atoms with Crippen LogP contribution < -0.4 is 32.2 Å². The number of nitrogens with zero attached hydrogens (tertiary/aromatic N) is 3. The van der Waals surface area contributed by atoms with E-state index in [0.29, 0.717) is 44.4 Å². The molecule has 34 heavy (non-hydrogen) atoms. The summed E-state index contributed by atoms with van der Waals surface area (Å²) in [5.41, 5.74) is 18.8. The highest BCUT2D eigenvalue weighted by Gasteiger charge is 2.33. The zero-order chi connectivity index (χ0) is 24.2. The van der Waals surface area contributed by atoms with E-state index in [1.165, 1.54) is 4.90 Å². The molecule has 1 atom stereocenters. The second-order valence-corrected chi connectivity index (χ2v) is 7.37. The number of aliphatic imine (C=N–C) groups is 2. The summed E-state index contributed by atoms with van der Waals surface area (Å²) < 4.78 is 15.9. The number of amides is 1. The van der Waals surface area contributed by atoms with Gasteiger partial charge in [-0.25, -0.2) is 4.99 Å². The van der Waals surface area contributed by atoms with Gasteiger partial charge in [-0.1, -0.05) is 24.9 Å². The molecule has 0 spiro atoms.